The van der Waals surface area contributed by atoms with E-state index in [0.717, 1.165) is 5.56 Å². The van der Waals surface area contributed by atoms with Gasteiger partial charge >= 0.3 is 0 Å². The van der Waals surface area contributed by atoms with E-state index in [1.54, 1.807) is 0 Å². The molecule has 0 radical (unpaired) electrons. The lowest BCUT2D eigenvalue weighted by molar-refractivity contribution is 0.592. The summed E-state index contributed by atoms with van der Waals surface area (Å²) >= 11 is 0. The first-order valence-corrected chi connectivity index (χ1v) is 4.93. The molecule has 2 aromatic rings. The predicted molar refractivity (Wildman–Crippen MR) is 60.0 cm³/mol. The smallest absolute Gasteiger partial charge is 0.195 e. The molecule has 1 aromatic heterocycles. The van der Waals surface area contributed by atoms with Gasteiger partial charge in [-0.05, 0) is 32.0 Å². The van der Waals surface area contributed by atoms with E-state index in [-0.39, 0.29) is 5.43 Å². The van der Waals surface area contributed by atoms with E-state index in [4.69, 9.17) is 10.2 Å². The molecule has 2 N–H and O–H groups in total. The fourth-order valence-corrected chi connectivity index (χ4v) is 1.61. The molecule has 0 bridgehead atoms. The Kier molecular flexibility index (Phi) is 2.56. The Morgan fingerprint density at radius 3 is 2.93 bits per heavy atom. The van der Waals surface area contributed by atoms with Crippen LogP contribution in [0.25, 0.3) is 11.0 Å². The molecule has 3 heteroatoms. The monoisotopic (exact) mass is 203 g/mol. The van der Waals surface area contributed by atoms with Gasteiger partial charge in [0.05, 0.1) is 11.6 Å². The molecule has 0 aliphatic rings. The van der Waals surface area contributed by atoms with Crippen LogP contribution < -0.4 is 11.2 Å². The molecule has 0 aliphatic carbocycles. The van der Waals surface area contributed by atoms with Gasteiger partial charge in [-0.15, -0.1) is 0 Å². The van der Waals surface area contributed by atoms with Crippen LogP contribution in [0.5, 0.6) is 0 Å². The summed E-state index contributed by atoms with van der Waals surface area (Å²) in [4.78, 5) is 12.0. The summed E-state index contributed by atoms with van der Waals surface area (Å²) in [5.74, 6) is 0. The fourth-order valence-electron chi connectivity index (χ4n) is 1.61. The van der Waals surface area contributed by atoms with E-state index < -0.39 is 0 Å². The molecule has 2 rings (SSSR count). The predicted octanol–water partition coefficient (Wildman–Crippen LogP) is 1.60. The number of nitrogens with two attached hydrogens (primary N) is 1. The minimum absolute atomic E-state index is 0.0328. The molecule has 0 spiro atoms. The minimum atomic E-state index is 0.0328. The molecule has 0 atom stereocenters. The van der Waals surface area contributed by atoms with Crippen LogP contribution in [-0.4, -0.2) is 6.54 Å². The van der Waals surface area contributed by atoms with Gasteiger partial charge in [0.1, 0.15) is 5.58 Å². The number of rotatable bonds is 2. The molecule has 0 unspecified atom stereocenters. The summed E-state index contributed by atoms with van der Waals surface area (Å²) in [6, 6.07) is 5.59. The molecule has 78 valence electrons. The van der Waals surface area contributed by atoms with Crippen molar-refractivity contribution in [3.05, 3.63) is 45.8 Å². The van der Waals surface area contributed by atoms with Gasteiger partial charge in [0, 0.05) is 5.56 Å². The van der Waals surface area contributed by atoms with Crippen molar-refractivity contribution in [3.8, 4) is 0 Å². The van der Waals surface area contributed by atoms with Gasteiger partial charge in [-0.3, -0.25) is 4.79 Å². The maximum atomic E-state index is 12.0. The number of hydrogen-bond donors (Lipinski definition) is 1. The first kappa shape index (κ1) is 9.93. The highest BCUT2D eigenvalue weighted by atomic mass is 16.3. The van der Waals surface area contributed by atoms with Crippen molar-refractivity contribution < 1.29 is 4.42 Å². The zero-order valence-corrected chi connectivity index (χ0v) is 8.62. The maximum absolute atomic E-state index is 12.0. The molecule has 1 aromatic carbocycles. The van der Waals surface area contributed by atoms with Gasteiger partial charge in [-0.25, -0.2) is 0 Å². The van der Waals surface area contributed by atoms with Crippen molar-refractivity contribution in [1.82, 2.24) is 0 Å². The number of fused-ring (bicyclic) bond motifs is 1. The second-order valence-corrected chi connectivity index (χ2v) is 3.63. The summed E-state index contributed by atoms with van der Waals surface area (Å²) in [5.41, 5.74) is 7.79. The summed E-state index contributed by atoms with van der Waals surface area (Å²) in [6.45, 7) is 2.41. The SMILES string of the molecule is Cc1ccc2occ(CCN)c(=O)c2c1. The third kappa shape index (κ3) is 1.78. The molecule has 0 saturated heterocycles. The summed E-state index contributed by atoms with van der Waals surface area (Å²) in [7, 11) is 0. The number of benzene rings is 1. The van der Waals surface area contributed by atoms with Gasteiger partial charge in [0.15, 0.2) is 5.43 Å². The number of aryl methyl sites for hydroxylation is 1. The standard InChI is InChI=1S/C12H13NO2/c1-8-2-3-11-10(6-8)12(14)9(4-5-13)7-15-11/h2-3,6-7H,4-5,13H2,1H3. The van der Waals surface area contributed by atoms with Crippen LogP contribution in [0.15, 0.2) is 33.7 Å². The van der Waals surface area contributed by atoms with Crippen LogP contribution in [-0.2, 0) is 6.42 Å². The largest absolute Gasteiger partial charge is 0.464 e. The molecular formula is C12H13NO2. The highest BCUT2D eigenvalue weighted by Crippen LogP contribution is 2.13. The number of hydrogen-bond acceptors (Lipinski definition) is 3. The van der Waals surface area contributed by atoms with Crippen LogP contribution in [0.4, 0.5) is 0 Å². The van der Waals surface area contributed by atoms with E-state index >= 15 is 0 Å². The van der Waals surface area contributed by atoms with Gasteiger partial charge in [0.25, 0.3) is 0 Å². The van der Waals surface area contributed by atoms with Gasteiger partial charge in [-0.1, -0.05) is 11.6 Å². The molecule has 0 saturated carbocycles. The highest BCUT2D eigenvalue weighted by molar-refractivity contribution is 5.77. The lowest BCUT2D eigenvalue weighted by atomic mass is 10.1. The van der Waals surface area contributed by atoms with Crippen LogP contribution in [0, 0.1) is 6.92 Å². The van der Waals surface area contributed by atoms with E-state index in [2.05, 4.69) is 0 Å². The van der Waals surface area contributed by atoms with E-state index in [1.165, 1.54) is 6.26 Å². The van der Waals surface area contributed by atoms with Gasteiger partial charge < -0.3 is 10.2 Å². The second-order valence-electron chi connectivity index (χ2n) is 3.63. The van der Waals surface area contributed by atoms with E-state index in [9.17, 15) is 4.79 Å². The average Bonchev–Trinajstić information content (AvgIpc) is 2.23. The molecule has 0 aliphatic heterocycles. The quantitative estimate of drug-likeness (QED) is 0.806. The van der Waals surface area contributed by atoms with Crippen molar-refractivity contribution in [2.45, 2.75) is 13.3 Å². The lowest BCUT2D eigenvalue weighted by Crippen LogP contribution is -2.13. The van der Waals surface area contributed by atoms with Crippen molar-refractivity contribution in [2.75, 3.05) is 6.54 Å². The third-order valence-corrected chi connectivity index (χ3v) is 2.41. The van der Waals surface area contributed by atoms with Crippen molar-refractivity contribution in [2.24, 2.45) is 5.73 Å². The Labute approximate surface area is 87.5 Å². The molecule has 0 amide bonds. The zero-order valence-electron chi connectivity index (χ0n) is 8.62. The molecule has 15 heavy (non-hydrogen) atoms. The van der Waals surface area contributed by atoms with Crippen molar-refractivity contribution in [3.63, 3.8) is 0 Å². The summed E-state index contributed by atoms with van der Waals surface area (Å²) in [6.07, 6.45) is 2.07. The van der Waals surface area contributed by atoms with E-state index in [1.807, 2.05) is 25.1 Å². The zero-order chi connectivity index (χ0) is 10.8. The fraction of sp³-hybridized carbons (Fsp3) is 0.250. The summed E-state index contributed by atoms with van der Waals surface area (Å²) in [5, 5.41) is 0.640. The molecular weight excluding hydrogens is 190 g/mol. The van der Waals surface area contributed by atoms with Crippen molar-refractivity contribution >= 4 is 11.0 Å². The third-order valence-electron chi connectivity index (χ3n) is 2.41. The van der Waals surface area contributed by atoms with Crippen molar-refractivity contribution in [1.29, 1.82) is 0 Å². The topological polar surface area (TPSA) is 56.2 Å². The Morgan fingerprint density at radius 1 is 1.40 bits per heavy atom. The first-order chi connectivity index (χ1) is 7.22. The van der Waals surface area contributed by atoms with Crippen LogP contribution in [0.1, 0.15) is 11.1 Å². The van der Waals surface area contributed by atoms with Crippen LogP contribution in [0.2, 0.25) is 0 Å². The minimum Gasteiger partial charge on any atom is -0.464 e. The van der Waals surface area contributed by atoms with Crippen LogP contribution in [0.3, 0.4) is 0 Å². The van der Waals surface area contributed by atoms with Gasteiger partial charge in [0.2, 0.25) is 0 Å². The van der Waals surface area contributed by atoms with Gasteiger partial charge in [-0.2, -0.15) is 0 Å². The maximum Gasteiger partial charge on any atom is 0.195 e. The highest BCUT2D eigenvalue weighted by Gasteiger charge is 2.05. The average molecular weight is 203 g/mol. The normalized spacial score (nSPS) is 10.8. The van der Waals surface area contributed by atoms with E-state index in [0.29, 0.717) is 29.5 Å². The summed E-state index contributed by atoms with van der Waals surface area (Å²) < 4.78 is 5.38. The molecule has 0 fully saturated rings. The Morgan fingerprint density at radius 2 is 2.20 bits per heavy atom. The molecule has 3 nitrogen and oxygen atoms in total. The van der Waals surface area contributed by atoms with Crippen LogP contribution >= 0.6 is 0 Å². The second kappa shape index (κ2) is 3.87. The first-order valence-electron chi connectivity index (χ1n) is 4.93. The Bertz CT molecular complexity index is 543. The lowest BCUT2D eigenvalue weighted by Gasteiger charge is -2.01. The molecule has 1 heterocycles. The Hall–Kier alpha value is -1.61. The Balaban J connectivity index is 2.71.